The summed E-state index contributed by atoms with van der Waals surface area (Å²) in [7, 11) is 1.49. The van der Waals surface area contributed by atoms with Gasteiger partial charge in [0.25, 0.3) is 0 Å². The van der Waals surface area contributed by atoms with E-state index in [1.165, 1.54) is 13.2 Å². The van der Waals surface area contributed by atoms with E-state index in [2.05, 4.69) is 0 Å². The lowest BCUT2D eigenvalue weighted by Gasteiger charge is -2.16. The van der Waals surface area contributed by atoms with Crippen molar-refractivity contribution in [3.63, 3.8) is 0 Å². The van der Waals surface area contributed by atoms with E-state index in [0.29, 0.717) is 29.5 Å². The topological polar surface area (TPSA) is 65.0 Å². The Hall–Kier alpha value is -1.46. The number of hydrogen-bond donors (Lipinski definition) is 1. The fourth-order valence-electron chi connectivity index (χ4n) is 2.03. The van der Waals surface area contributed by atoms with Gasteiger partial charge < -0.3 is 19.3 Å². The van der Waals surface area contributed by atoms with Crippen LogP contribution < -0.4 is 9.47 Å². The SMILES string of the molecule is CCOC(=O)C(O)c1cc(OC)c2c(c1Cl)CCO2. The Bertz CT molecular complexity index is 500. The van der Waals surface area contributed by atoms with Crippen LogP contribution in [0.5, 0.6) is 11.5 Å². The molecule has 1 aromatic carbocycles. The number of hydrogen-bond acceptors (Lipinski definition) is 5. The van der Waals surface area contributed by atoms with Crippen molar-refractivity contribution in [3.05, 3.63) is 22.2 Å². The van der Waals surface area contributed by atoms with Crippen LogP contribution in [0.4, 0.5) is 0 Å². The second-order valence-electron chi connectivity index (χ2n) is 4.04. The molecule has 2 rings (SSSR count). The number of halogens is 1. The number of fused-ring (bicyclic) bond motifs is 1. The molecule has 1 atom stereocenters. The Morgan fingerprint density at radius 1 is 1.63 bits per heavy atom. The van der Waals surface area contributed by atoms with Crippen LogP contribution in [-0.4, -0.2) is 31.4 Å². The van der Waals surface area contributed by atoms with Crippen LogP contribution >= 0.6 is 11.6 Å². The number of methoxy groups -OCH3 is 1. The minimum Gasteiger partial charge on any atom is -0.493 e. The molecule has 0 radical (unpaired) electrons. The number of carbonyl (C=O) groups is 1. The maximum Gasteiger partial charge on any atom is 0.339 e. The molecular weight excluding hydrogens is 272 g/mol. The first kappa shape index (κ1) is 14.0. The number of ether oxygens (including phenoxy) is 3. The molecule has 104 valence electrons. The van der Waals surface area contributed by atoms with Crippen LogP contribution in [0.15, 0.2) is 6.07 Å². The molecule has 0 amide bonds. The minimum atomic E-state index is -1.42. The molecular formula is C13H15ClO5. The third kappa shape index (κ3) is 2.48. The van der Waals surface area contributed by atoms with Gasteiger partial charge in [0, 0.05) is 17.5 Å². The summed E-state index contributed by atoms with van der Waals surface area (Å²) >= 11 is 6.22. The molecule has 1 aliphatic heterocycles. The predicted molar refractivity (Wildman–Crippen MR) is 68.8 cm³/mol. The summed E-state index contributed by atoms with van der Waals surface area (Å²) in [6, 6.07) is 1.51. The first-order valence-corrected chi connectivity index (χ1v) is 6.34. The van der Waals surface area contributed by atoms with E-state index < -0.39 is 12.1 Å². The number of aliphatic hydroxyl groups is 1. The number of esters is 1. The first-order valence-electron chi connectivity index (χ1n) is 5.96. The second-order valence-corrected chi connectivity index (χ2v) is 4.42. The maximum atomic E-state index is 11.6. The van der Waals surface area contributed by atoms with Crippen LogP contribution in [0.2, 0.25) is 5.02 Å². The maximum absolute atomic E-state index is 11.6. The number of aliphatic hydroxyl groups excluding tert-OH is 1. The average Bonchev–Trinajstić information content (AvgIpc) is 2.89. The Morgan fingerprint density at radius 2 is 2.37 bits per heavy atom. The number of benzene rings is 1. The first-order chi connectivity index (χ1) is 9.10. The zero-order valence-corrected chi connectivity index (χ0v) is 11.5. The summed E-state index contributed by atoms with van der Waals surface area (Å²) in [5.41, 5.74) is 1.03. The number of rotatable bonds is 4. The molecule has 0 bridgehead atoms. The summed E-state index contributed by atoms with van der Waals surface area (Å²) in [5, 5.41) is 10.3. The third-order valence-corrected chi connectivity index (χ3v) is 3.37. The summed E-state index contributed by atoms with van der Waals surface area (Å²) < 4.78 is 15.4. The predicted octanol–water partition coefficient (Wildman–Crippen LogP) is 1.88. The zero-order valence-electron chi connectivity index (χ0n) is 10.7. The quantitative estimate of drug-likeness (QED) is 0.856. The second kappa shape index (κ2) is 5.67. The van der Waals surface area contributed by atoms with Crippen molar-refractivity contribution in [1.82, 2.24) is 0 Å². The van der Waals surface area contributed by atoms with Gasteiger partial charge in [-0.2, -0.15) is 0 Å². The Labute approximate surface area is 116 Å². The van der Waals surface area contributed by atoms with Gasteiger partial charge in [-0.3, -0.25) is 0 Å². The van der Waals surface area contributed by atoms with Crippen molar-refractivity contribution < 1.29 is 24.1 Å². The van der Waals surface area contributed by atoms with E-state index in [1.54, 1.807) is 6.92 Å². The largest absolute Gasteiger partial charge is 0.493 e. The van der Waals surface area contributed by atoms with Crippen molar-refractivity contribution >= 4 is 17.6 Å². The van der Waals surface area contributed by atoms with Gasteiger partial charge in [-0.25, -0.2) is 4.79 Å². The van der Waals surface area contributed by atoms with Crippen molar-refractivity contribution in [2.45, 2.75) is 19.4 Å². The van der Waals surface area contributed by atoms with E-state index in [1.807, 2.05) is 0 Å². The van der Waals surface area contributed by atoms with Crippen molar-refractivity contribution in [2.75, 3.05) is 20.3 Å². The molecule has 19 heavy (non-hydrogen) atoms. The Kier molecular flexibility index (Phi) is 4.17. The van der Waals surface area contributed by atoms with Gasteiger partial charge in [0.1, 0.15) is 0 Å². The highest BCUT2D eigenvalue weighted by Crippen LogP contribution is 2.43. The smallest absolute Gasteiger partial charge is 0.339 e. The van der Waals surface area contributed by atoms with Gasteiger partial charge in [-0.05, 0) is 13.0 Å². The normalized spacial score (nSPS) is 14.5. The molecule has 5 nitrogen and oxygen atoms in total. The van der Waals surface area contributed by atoms with Gasteiger partial charge in [-0.15, -0.1) is 0 Å². The highest BCUT2D eigenvalue weighted by Gasteiger charge is 2.29. The van der Waals surface area contributed by atoms with Crippen molar-refractivity contribution in [2.24, 2.45) is 0 Å². The molecule has 0 fully saturated rings. The average molecular weight is 287 g/mol. The van der Waals surface area contributed by atoms with Gasteiger partial charge in [0.05, 0.1) is 25.3 Å². The van der Waals surface area contributed by atoms with E-state index in [9.17, 15) is 9.90 Å². The van der Waals surface area contributed by atoms with E-state index >= 15 is 0 Å². The molecule has 1 aliphatic rings. The summed E-state index contributed by atoms with van der Waals surface area (Å²) in [6.07, 6.45) is -0.805. The highest BCUT2D eigenvalue weighted by molar-refractivity contribution is 6.32. The monoisotopic (exact) mass is 286 g/mol. The summed E-state index contributed by atoms with van der Waals surface area (Å²) in [4.78, 5) is 11.6. The molecule has 0 spiro atoms. The molecule has 0 saturated carbocycles. The van der Waals surface area contributed by atoms with Gasteiger partial charge in [-0.1, -0.05) is 11.6 Å². The Morgan fingerprint density at radius 3 is 3.00 bits per heavy atom. The van der Waals surface area contributed by atoms with Gasteiger partial charge >= 0.3 is 5.97 Å². The zero-order chi connectivity index (χ0) is 14.0. The fourth-order valence-corrected chi connectivity index (χ4v) is 2.37. The summed E-state index contributed by atoms with van der Waals surface area (Å²) in [6.45, 7) is 2.37. The van der Waals surface area contributed by atoms with Crippen LogP contribution in [-0.2, 0) is 16.0 Å². The van der Waals surface area contributed by atoms with Gasteiger partial charge in [0.15, 0.2) is 17.6 Å². The molecule has 0 saturated heterocycles. The van der Waals surface area contributed by atoms with Crippen LogP contribution in [0.25, 0.3) is 0 Å². The van der Waals surface area contributed by atoms with E-state index in [4.69, 9.17) is 25.8 Å². The van der Waals surface area contributed by atoms with E-state index in [-0.39, 0.29) is 12.2 Å². The highest BCUT2D eigenvalue weighted by atomic mass is 35.5. The third-order valence-electron chi connectivity index (χ3n) is 2.93. The van der Waals surface area contributed by atoms with Crippen LogP contribution in [0, 0.1) is 0 Å². The lowest BCUT2D eigenvalue weighted by atomic mass is 10.0. The molecule has 1 heterocycles. The lowest BCUT2D eigenvalue weighted by molar-refractivity contribution is -0.153. The van der Waals surface area contributed by atoms with Crippen LogP contribution in [0.3, 0.4) is 0 Å². The van der Waals surface area contributed by atoms with Gasteiger partial charge in [0.2, 0.25) is 0 Å². The summed E-state index contributed by atoms with van der Waals surface area (Å²) in [5.74, 6) is 0.299. The molecule has 1 unspecified atom stereocenters. The van der Waals surface area contributed by atoms with Crippen LogP contribution in [0.1, 0.15) is 24.2 Å². The number of carbonyl (C=O) groups excluding carboxylic acids is 1. The molecule has 1 N–H and O–H groups in total. The molecule has 0 aliphatic carbocycles. The van der Waals surface area contributed by atoms with Crippen molar-refractivity contribution in [1.29, 1.82) is 0 Å². The minimum absolute atomic E-state index is 0.193. The molecule has 0 aromatic heterocycles. The molecule has 6 heteroatoms. The fraction of sp³-hybridized carbons (Fsp3) is 0.462. The standard InChI is InChI=1S/C13H15ClO5/c1-3-18-13(16)11(15)8-6-9(17-2)12-7(10(8)14)4-5-19-12/h6,11,15H,3-5H2,1-2H3. The molecule has 1 aromatic rings. The Balaban J connectivity index is 2.44. The van der Waals surface area contributed by atoms with E-state index in [0.717, 1.165) is 5.56 Å². The van der Waals surface area contributed by atoms with Crippen molar-refractivity contribution in [3.8, 4) is 11.5 Å². The lowest BCUT2D eigenvalue weighted by Crippen LogP contribution is -2.16.